The number of carbonyl (C=O) groups is 2. The molecule has 1 aromatic rings. The molecule has 0 unspecified atom stereocenters. The molecule has 0 bridgehead atoms. The fourth-order valence-electron chi connectivity index (χ4n) is 0.975. The Bertz CT molecular complexity index is 523. The molecule has 17 heavy (non-hydrogen) atoms. The second-order valence-electron chi connectivity index (χ2n) is 2.95. The molecule has 0 aliphatic heterocycles. The lowest BCUT2D eigenvalue weighted by atomic mass is 10.1. The molecule has 0 radical (unpaired) electrons. The lowest BCUT2D eigenvalue weighted by Crippen LogP contribution is -2.06. The number of ketones is 1. The molecule has 90 valence electrons. The molecule has 1 rings (SSSR count). The van der Waals surface area contributed by atoms with Gasteiger partial charge in [0.25, 0.3) is 0 Å². The van der Waals surface area contributed by atoms with Crippen LogP contribution in [-0.2, 0) is 4.79 Å². The molecule has 4 nitrogen and oxygen atoms in total. The van der Waals surface area contributed by atoms with Gasteiger partial charge >= 0.3 is 5.97 Å². The van der Waals surface area contributed by atoms with Gasteiger partial charge in [0.05, 0.1) is 5.56 Å². The average molecular weight is 246 g/mol. The normalized spacial score (nSPS) is 11.4. The summed E-state index contributed by atoms with van der Waals surface area (Å²) in [5, 5.41) is 17.0. The summed E-state index contributed by atoms with van der Waals surface area (Å²) < 4.78 is 38.3. The highest BCUT2D eigenvalue weighted by atomic mass is 19.2. The molecule has 0 aliphatic rings. The predicted molar refractivity (Wildman–Crippen MR) is 49.0 cm³/mol. The van der Waals surface area contributed by atoms with Crippen LogP contribution in [0, 0.1) is 17.5 Å². The predicted octanol–water partition coefficient (Wildman–Crippen LogP) is 1.81. The van der Waals surface area contributed by atoms with Gasteiger partial charge in [-0.15, -0.1) is 0 Å². The maximum atomic E-state index is 13.0. The highest BCUT2D eigenvalue weighted by molar-refractivity contribution is 6.07. The zero-order valence-electron chi connectivity index (χ0n) is 8.08. The van der Waals surface area contributed by atoms with Crippen molar-refractivity contribution in [3.63, 3.8) is 0 Å². The van der Waals surface area contributed by atoms with Crippen LogP contribution in [-0.4, -0.2) is 22.0 Å². The largest absolute Gasteiger partial charge is 0.502 e. The molecule has 7 heteroatoms. The molecule has 1 aromatic carbocycles. The van der Waals surface area contributed by atoms with Crippen molar-refractivity contribution < 1.29 is 33.0 Å². The van der Waals surface area contributed by atoms with Gasteiger partial charge in [-0.1, -0.05) is 0 Å². The molecule has 0 saturated heterocycles. The lowest BCUT2D eigenvalue weighted by Gasteiger charge is -2.00. The molecular weight excluding hydrogens is 241 g/mol. The van der Waals surface area contributed by atoms with Crippen LogP contribution in [0.5, 0.6) is 0 Å². The summed E-state index contributed by atoms with van der Waals surface area (Å²) in [7, 11) is 0. The van der Waals surface area contributed by atoms with Crippen molar-refractivity contribution >= 4 is 11.8 Å². The Morgan fingerprint density at radius 2 is 1.53 bits per heavy atom. The summed E-state index contributed by atoms with van der Waals surface area (Å²) in [5.74, 6) is -8.73. The van der Waals surface area contributed by atoms with Crippen LogP contribution < -0.4 is 0 Å². The van der Waals surface area contributed by atoms with E-state index in [4.69, 9.17) is 10.2 Å². The smallest absolute Gasteiger partial charge is 0.371 e. The van der Waals surface area contributed by atoms with E-state index < -0.39 is 40.5 Å². The second-order valence-corrected chi connectivity index (χ2v) is 2.95. The van der Waals surface area contributed by atoms with E-state index in [1.54, 1.807) is 0 Å². The molecular formula is C10H5F3O4. The Balaban J connectivity index is 3.18. The molecule has 0 saturated carbocycles. The summed E-state index contributed by atoms with van der Waals surface area (Å²) in [6.45, 7) is 0. The Hall–Kier alpha value is -2.31. The molecule has 0 fully saturated rings. The van der Waals surface area contributed by atoms with Gasteiger partial charge < -0.3 is 10.2 Å². The minimum atomic E-state index is -1.80. The van der Waals surface area contributed by atoms with Crippen LogP contribution in [0.3, 0.4) is 0 Å². The number of aliphatic carboxylic acids is 1. The van der Waals surface area contributed by atoms with Crippen molar-refractivity contribution in [2.45, 2.75) is 0 Å². The summed E-state index contributed by atoms with van der Waals surface area (Å²) in [5.41, 5.74) is -0.878. The zero-order chi connectivity index (χ0) is 13.2. The first-order valence-corrected chi connectivity index (χ1v) is 4.15. The van der Waals surface area contributed by atoms with Crippen LogP contribution >= 0.6 is 0 Å². The van der Waals surface area contributed by atoms with Crippen LogP contribution in [0.1, 0.15) is 10.4 Å². The molecule has 0 aliphatic carbocycles. The van der Waals surface area contributed by atoms with Crippen LogP contribution in [0.2, 0.25) is 0 Å². The third-order valence-corrected chi connectivity index (χ3v) is 1.76. The van der Waals surface area contributed by atoms with Gasteiger partial charge in [0.15, 0.2) is 17.4 Å². The number of hydrogen-bond donors (Lipinski definition) is 2. The van der Waals surface area contributed by atoms with Crippen molar-refractivity contribution in [2.24, 2.45) is 0 Å². The fraction of sp³-hybridized carbons (Fsp3) is 0. The van der Waals surface area contributed by atoms with Crippen molar-refractivity contribution in [3.05, 3.63) is 47.0 Å². The van der Waals surface area contributed by atoms with E-state index in [0.29, 0.717) is 0 Å². The number of carboxylic acid groups (broad SMARTS) is 1. The Kier molecular flexibility index (Phi) is 3.52. The minimum absolute atomic E-state index is 0.147. The van der Waals surface area contributed by atoms with Crippen molar-refractivity contribution in [3.8, 4) is 0 Å². The van der Waals surface area contributed by atoms with Crippen molar-refractivity contribution in [1.29, 1.82) is 0 Å². The van der Waals surface area contributed by atoms with Gasteiger partial charge in [-0.2, -0.15) is 0 Å². The van der Waals surface area contributed by atoms with Gasteiger partial charge in [-0.3, -0.25) is 4.79 Å². The summed E-state index contributed by atoms with van der Waals surface area (Å²) in [6.07, 6.45) is 0.193. The van der Waals surface area contributed by atoms with E-state index in [9.17, 15) is 22.8 Å². The number of aliphatic hydroxyl groups is 1. The third-order valence-electron chi connectivity index (χ3n) is 1.76. The summed E-state index contributed by atoms with van der Waals surface area (Å²) in [4.78, 5) is 21.4. The maximum Gasteiger partial charge on any atom is 0.371 e. The molecule has 0 heterocycles. The van der Waals surface area contributed by atoms with E-state index in [0.717, 1.165) is 0 Å². The van der Waals surface area contributed by atoms with Gasteiger partial charge in [0.1, 0.15) is 5.82 Å². The third kappa shape index (κ3) is 2.83. The van der Waals surface area contributed by atoms with E-state index in [1.165, 1.54) is 0 Å². The number of benzene rings is 1. The Morgan fingerprint density at radius 3 is 2.06 bits per heavy atom. The van der Waals surface area contributed by atoms with E-state index in [1.807, 2.05) is 0 Å². The Morgan fingerprint density at radius 1 is 1.00 bits per heavy atom. The first kappa shape index (κ1) is 12.8. The van der Waals surface area contributed by atoms with Gasteiger partial charge in [-0.05, 0) is 6.07 Å². The topological polar surface area (TPSA) is 74.6 Å². The fourth-order valence-corrected chi connectivity index (χ4v) is 0.975. The van der Waals surface area contributed by atoms with Gasteiger partial charge in [0, 0.05) is 12.1 Å². The van der Waals surface area contributed by atoms with E-state index in [-0.39, 0.29) is 18.2 Å². The van der Waals surface area contributed by atoms with Gasteiger partial charge in [-0.25, -0.2) is 18.0 Å². The van der Waals surface area contributed by atoms with Crippen LogP contribution in [0.15, 0.2) is 24.0 Å². The zero-order valence-corrected chi connectivity index (χ0v) is 8.08. The number of hydrogen-bond acceptors (Lipinski definition) is 3. The molecule has 2 N–H and O–H groups in total. The SMILES string of the molecule is O=C(O)/C(O)=C/C(=O)c1cc(F)c(F)cc1F. The highest BCUT2D eigenvalue weighted by Gasteiger charge is 2.16. The number of carboxylic acids is 1. The first-order valence-electron chi connectivity index (χ1n) is 4.15. The molecule has 0 atom stereocenters. The summed E-state index contributed by atoms with van der Waals surface area (Å²) in [6, 6.07) is 0.423. The number of aliphatic hydroxyl groups excluding tert-OH is 1. The maximum absolute atomic E-state index is 13.0. The lowest BCUT2D eigenvalue weighted by molar-refractivity contribution is -0.135. The minimum Gasteiger partial charge on any atom is -0.502 e. The van der Waals surface area contributed by atoms with Crippen LogP contribution in [0.4, 0.5) is 13.2 Å². The first-order chi connectivity index (χ1) is 7.82. The van der Waals surface area contributed by atoms with Gasteiger partial charge in [0.2, 0.25) is 5.76 Å². The second kappa shape index (κ2) is 4.69. The average Bonchev–Trinajstić information content (AvgIpc) is 2.22. The Labute approximate surface area is 92.6 Å². The number of allylic oxidation sites excluding steroid dienone is 1. The number of carbonyl (C=O) groups excluding carboxylic acids is 1. The van der Waals surface area contributed by atoms with E-state index >= 15 is 0 Å². The number of rotatable bonds is 3. The van der Waals surface area contributed by atoms with Crippen LogP contribution in [0.25, 0.3) is 0 Å². The summed E-state index contributed by atoms with van der Waals surface area (Å²) >= 11 is 0. The monoisotopic (exact) mass is 246 g/mol. The molecule has 0 amide bonds. The van der Waals surface area contributed by atoms with E-state index in [2.05, 4.69) is 0 Å². The molecule has 0 spiro atoms. The standard InChI is InChI=1S/C10H5F3O4/c11-5-2-7(13)6(12)1-4(5)8(14)3-9(15)10(16)17/h1-3,15H,(H,16,17)/b9-3-. The highest BCUT2D eigenvalue weighted by Crippen LogP contribution is 2.15. The van der Waals surface area contributed by atoms with Crippen molar-refractivity contribution in [2.75, 3.05) is 0 Å². The van der Waals surface area contributed by atoms with Crippen molar-refractivity contribution in [1.82, 2.24) is 0 Å². The molecule has 0 aromatic heterocycles. The number of halogens is 3. The quantitative estimate of drug-likeness (QED) is 0.369.